The number of methoxy groups -OCH3 is 1. The molecule has 0 radical (unpaired) electrons. The van der Waals surface area contributed by atoms with Crippen LogP contribution in [0.1, 0.15) is 19.8 Å². The Bertz CT molecular complexity index is 196. The van der Waals surface area contributed by atoms with Gasteiger partial charge in [0.1, 0.15) is 0 Å². The number of aliphatic hydroxyl groups excluding tert-OH is 1. The van der Waals surface area contributed by atoms with Crippen molar-refractivity contribution in [1.82, 2.24) is 4.90 Å². The Morgan fingerprint density at radius 1 is 1.35 bits per heavy atom. The monoisotopic (exact) mass is 246 g/mol. The molecule has 0 aromatic rings. The van der Waals surface area contributed by atoms with Gasteiger partial charge >= 0.3 is 0 Å². The van der Waals surface area contributed by atoms with Crippen molar-refractivity contribution in [3.8, 4) is 0 Å². The highest BCUT2D eigenvalue weighted by Gasteiger charge is 2.18. The summed E-state index contributed by atoms with van der Waals surface area (Å²) >= 11 is 0. The standard InChI is InChI=1S/C12H26N2O3/c1-10(8-16-2)17-9-12(15)7-14-5-3-11(13)4-6-14/h10-12,15H,3-9,13H2,1-2H3. The van der Waals surface area contributed by atoms with Gasteiger partial charge in [-0.1, -0.05) is 0 Å². The second kappa shape index (κ2) is 8.00. The third kappa shape index (κ3) is 6.33. The van der Waals surface area contributed by atoms with Crippen LogP contribution in [0.15, 0.2) is 0 Å². The van der Waals surface area contributed by atoms with Crippen LogP contribution in [0.25, 0.3) is 0 Å². The minimum Gasteiger partial charge on any atom is -0.389 e. The molecule has 0 spiro atoms. The third-order valence-electron chi connectivity index (χ3n) is 3.08. The second-order valence-electron chi connectivity index (χ2n) is 4.89. The first kappa shape index (κ1) is 14.9. The number of hydrogen-bond acceptors (Lipinski definition) is 5. The summed E-state index contributed by atoms with van der Waals surface area (Å²) in [6.45, 7) is 5.50. The van der Waals surface area contributed by atoms with Gasteiger partial charge in [-0.25, -0.2) is 0 Å². The van der Waals surface area contributed by atoms with E-state index in [-0.39, 0.29) is 6.10 Å². The lowest BCUT2D eigenvalue weighted by Crippen LogP contribution is -2.44. The van der Waals surface area contributed by atoms with Gasteiger partial charge in [0.05, 0.1) is 25.4 Å². The van der Waals surface area contributed by atoms with E-state index in [4.69, 9.17) is 15.2 Å². The molecule has 0 amide bonds. The van der Waals surface area contributed by atoms with Crippen LogP contribution in [-0.4, -0.2) is 68.2 Å². The lowest BCUT2D eigenvalue weighted by atomic mass is 10.1. The number of β-amino-alcohol motifs (C(OH)–C–C–N with tert-alkyl or cyclic N) is 1. The zero-order valence-electron chi connectivity index (χ0n) is 11.0. The Labute approximate surface area is 104 Å². The van der Waals surface area contributed by atoms with E-state index in [0.29, 0.717) is 25.8 Å². The normalized spacial score (nSPS) is 22.6. The highest BCUT2D eigenvalue weighted by atomic mass is 16.5. The van der Waals surface area contributed by atoms with E-state index in [1.165, 1.54) is 0 Å². The first-order valence-electron chi connectivity index (χ1n) is 6.38. The van der Waals surface area contributed by atoms with Crippen LogP contribution in [0.4, 0.5) is 0 Å². The average Bonchev–Trinajstić information content (AvgIpc) is 2.30. The van der Waals surface area contributed by atoms with Crippen molar-refractivity contribution < 1.29 is 14.6 Å². The van der Waals surface area contributed by atoms with Gasteiger partial charge in [0, 0.05) is 19.7 Å². The summed E-state index contributed by atoms with van der Waals surface area (Å²) in [5, 5.41) is 9.85. The van der Waals surface area contributed by atoms with Crippen molar-refractivity contribution in [2.45, 2.75) is 38.0 Å². The molecule has 102 valence electrons. The zero-order valence-corrected chi connectivity index (χ0v) is 11.0. The van der Waals surface area contributed by atoms with Crippen molar-refractivity contribution in [3.05, 3.63) is 0 Å². The minimum atomic E-state index is -0.427. The molecule has 1 heterocycles. The summed E-state index contributed by atoms with van der Waals surface area (Å²) in [4.78, 5) is 2.25. The first-order valence-corrected chi connectivity index (χ1v) is 6.38. The summed E-state index contributed by atoms with van der Waals surface area (Å²) < 4.78 is 10.4. The highest BCUT2D eigenvalue weighted by molar-refractivity contribution is 4.75. The predicted molar refractivity (Wildman–Crippen MR) is 66.9 cm³/mol. The number of likely N-dealkylation sites (tertiary alicyclic amines) is 1. The van der Waals surface area contributed by atoms with Crippen LogP contribution in [-0.2, 0) is 9.47 Å². The highest BCUT2D eigenvalue weighted by Crippen LogP contribution is 2.08. The van der Waals surface area contributed by atoms with Gasteiger partial charge in [0.15, 0.2) is 0 Å². The van der Waals surface area contributed by atoms with Crippen molar-refractivity contribution >= 4 is 0 Å². The predicted octanol–water partition coefficient (Wildman–Crippen LogP) is -0.178. The molecule has 5 nitrogen and oxygen atoms in total. The molecule has 5 heteroatoms. The van der Waals surface area contributed by atoms with Gasteiger partial charge < -0.3 is 25.2 Å². The van der Waals surface area contributed by atoms with Crippen molar-refractivity contribution in [2.75, 3.05) is 40.0 Å². The number of nitrogens with two attached hydrogens (primary N) is 1. The number of rotatable bonds is 7. The fourth-order valence-corrected chi connectivity index (χ4v) is 2.04. The summed E-state index contributed by atoms with van der Waals surface area (Å²) in [6, 6.07) is 0.335. The second-order valence-corrected chi connectivity index (χ2v) is 4.89. The van der Waals surface area contributed by atoms with Crippen LogP contribution >= 0.6 is 0 Å². The summed E-state index contributed by atoms with van der Waals surface area (Å²) in [6.07, 6.45) is 1.65. The van der Waals surface area contributed by atoms with Crippen LogP contribution in [0.2, 0.25) is 0 Å². The molecule has 1 fully saturated rings. The van der Waals surface area contributed by atoms with Gasteiger partial charge in [-0.2, -0.15) is 0 Å². The lowest BCUT2D eigenvalue weighted by Gasteiger charge is -2.31. The number of hydrogen-bond donors (Lipinski definition) is 2. The average molecular weight is 246 g/mol. The Morgan fingerprint density at radius 3 is 2.59 bits per heavy atom. The van der Waals surface area contributed by atoms with E-state index in [9.17, 15) is 5.11 Å². The maximum Gasteiger partial charge on any atom is 0.0900 e. The van der Waals surface area contributed by atoms with Crippen LogP contribution in [0, 0.1) is 0 Å². The molecule has 2 unspecified atom stereocenters. The Hall–Kier alpha value is -0.200. The minimum absolute atomic E-state index is 0.0319. The maximum atomic E-state index is 9.85. The quantitative estimate of drug-likeness (QED) is 0.652. The molecular formula is C12H26N2O3. The fraction of sp³-hybridized carbons (Fsp3) is 1.00. The Kier molecular flexibility index (Phi) is 6.99. The number of ether oxygens (including phenoxy) is 2. The van der Waals surface area contributed by atoms with E-state index < -0.39 is 6.10 Å². The lowest BCUT2D eigenvalue weighted by molar-refractivity contribution is -0.0410. The maximum absolute atomic E-state index is 9.85. The van der Waals surface area contributed by atoms with Crippen molar-refractivity contribution in [3.63, 3.8) is 0 Å². The van der Waals surface area contributed by atoms with Crippen LogP contribution < -0.4 is 5.73 Å². The topological polar surface area (TPSA) is 68.0 Å². The summed E-state index contributed by atoms with van der Waals surface area (Å²) in [7, 11) is 1.65. The molecule has 1 saturated heterocycles. The van der Waals surface area contributed by atoms with E-state index in [0.717, 1.165) is 25.9 Å². The number of aliphatic hydroxyl groups is 1. The van der Waals surface area contributed by atoms with Gasteiger partial charge in [-0.3, -0.25) is 0 Å². The molecule has 0 saturated carbocycles. The van der Waals surface area contributed by atoms with Crippen molar-refractivity contribution in [1.29, 1.82) is 0 Å². The largest absolute Gasteiger partial charge is 0.389 e. The molecule has 2 atom stereocenters. The fourth-order valence-electron chi connectivity index (χ4n) is 2.04. The number of piperidine rings is 1. The SMILES string of the molecule is COCC(C)OCC(O)CN1CCC(N)CC1. The zero-order chi connectivity index (χ0) is 12.7. The molecular weight excluding hydrogens is 220 g/mol. The molecule has 0 aromatic heterocycles. The van der Waals surface area contributed by atoms with E-state index in [2.05, 4.69) is 4.90 Å². The first-order chi connectivity index (χ1) is 8.11. The number of nitrogens with zero attached hydrogens (tertiary/aromatic N) is 1. The molecule has 1 aliphatic rings. The summed E-state index contributed by atoms with van der Waals surface area (Å²) in [5.74, 6) is 0. The van der Waals surface area contributed by atoms with Crippen LogP contribution in [0.5, 0.6) is 0 Å². The Morgan fingerprint density at radius 2 is 2.00 bits per heavy atom. The molecule has 1 rings (SSSR count). The van der Waals surface area contributed by atoms with E-state index >= 15 is 0 Å². The van der Waals surface area contributed by atoms with E-state index in [1.807, 2.05) is 6.92 Å². The molecule has 0 aliphatic carbocycles. The molecule has 3 N–H and O–H groups in total. The van der Waals surface area contributed by atoms with Gasteiger partial charge in [-0.15, -0.1) is 0 Å². The Balaban J connectivity index is 2.10. The van der Waals surface area contributed by atoms with Gasteiger partial charge in [0.2, 0.25) is 0 Å². The molecule has 0 bridgehead atoms. The van der Waals surface area contributed by atoms with Gasteiger partial charge in [0.25, 0.3) is 0 Å². The molecule has 17 heavy (non-hydrogen) atoms. The molecule has 1 aliphatic heterocycles. The van der Waals surface area contributed by atoms with E-state index in [1.54, 1.807) is 7.11 Å². The third-order valence-corrected chi connectivity index (χ3v) is 3.08. The van der Waals surface area contributed by atoms with Crippen molar-refractivity contribution in [2.24, 2.45) is 5.73 Å². The van der Waals surface area contributed by atoms with Crippen LogP contribution in [0.3, 0.4) is 0 Å². The molecule has 0 aromatic carbocycles. The summed E-state index contributed by atoms with van der Waals surface area (Å²) in [5.41, 5.74) is 5.83. The van der Waals surface area contributed by atoms with Gasteiger partial charge in [-0.05, 0) is 32.9 Å². The smallest absolute Gasteiger partial charge is 0.0900 e.